The van der Waals surface area contributed by atoms with Gasteiger partial charge in [0.25, 0.3) is 0 Å². The van der Waals surface area contributed by atoms with Crippen molar-refractivity contribution in [3.8, 4) is 0 Å². The van der Waals surface area contributed by atoms with E-state index in [-0.39, 0.29) is 0 Å². The highest BCUT2D eigenvalue weighted by atomic mass is 79.9. The van der Waals surface area contributed by atoms with Crippen LogP contribution in [0.5, 0.6) is 0 Å². The van der Waals surface area contributed by atoms with Gasteiger partial charge < -0.3 is 0 Å². The molecule has 0 fully saturated rings. The Hall–Kier alpha value is -2.38. The molecule has 0 N–H and O–H groups in total. The van der Waals surface area contributed by atoms with Crippen LogP contribution >= 0.6 is 15.9 Å². The third-order valence-corrected chi connectivity index (χ3v) is 3.93. The van der Waals surface area contributed by atoms with E-state index >= 15 is 0 Å². The molecular formula is C22H17Br. The van der Waals surface area contributed by atoms with Gasteiger partial charge in [-0.25, -0.2) is 0 Å². The van der Waals surface area contributed by atoms with Crippen molar-refractivity contribution in [1.82, 2.24) is 0 Å². The molecule has 0 bridgehead atoms. The molecule has 0 aliphatic rings. The minimum atomic E-state index is 1.22. The van der Waals surface area contributed by atoms with E-state index in [9.17, 15) is 0 Å². The summed E-state index contributed by atoms with van der Waals surface area (Å²) in [5.74, 6) is 0. The first-order valence-corrected chi connectivity index (χ1v) is 8.48. The van der Waals surface area contributed by atoms with Gasteiger partial charge in [-0.1, -0.05) is 94.8 Å². The first-order valence-electron chi connectivity index (χ1n) is 7.56. The Labute approximate surface area is 145 Å². The highest BCUT2D eigenvalue weighted by Gasteiger charge is 1.95. The van der Waals surface area contributed by atoms with Crippen LogP contribution in [-0.2, 0) is 0 Å². The van der Waals surface area contributed by atoms with Gasteiger partial charge in [-0.15, -0.1) is 0 Å². The van der Waals surface area contributed by atoms with Crippen molar-refractivity contribution in [2.75, 3.05) is 0 Å². The molecule has 0 amide bonds. The normalized spacial score (nSPS) is 10.7. The molecule has 0 aromatic heterocycles. The second kappa shape index (κ2) is 7.75. The van der Waals surface area contributed by atoms with Crippen molar-refractivity contribution in [2.45, 2.75) is 0 Å². The van der Waals surface area contributed by atoms with Crippen LogP contribution in [0.3, 0.4) is 0 Å². The van der Waals surface area contributed by atoms with Crippen molar-refractivity contribution < 1.29 is 0 Å². The molecule has 4 rings (SSSR count). The zero-order chi connectivity index (χ0) is 15.9. The highest BCUT2D eigenvalue weighted by molar-refractivity contribution is 9.11. The Bertz CT molecular complexity index is 819. The van der Waals surface area contributed by atoms with Gasteiger partial charge in [0.15, 0.2) is 0 Å². The summed E-state index contributed by atoms with van der Waals surface area (Å²) in [6.45, 7) is 0. The fourth-order valence-corrected chi connectivity index (χ4v) is 2.82. The molecule has 0 aliphatic carbocycles. The standard InChI is InChI=1S/C14H10.C8H7Br/c1-2-6-12-10-14-8-4-3-7-13(14)9-11(12)5-1;9-7-6-8-4-2-1-3-5-8/h1-10H;1-7H. The predicted octanol–water partition coefficient (Wildman–Crippen LogP) is 7.05. The monoisotopic (exact) mass is 360 g/mol. The van der Waals surface area contributed by atoms with Crippen molar-refractivity contribution in [3.63, 3.8) is 0 Å². The van der Waals surface area contributed by atoms with E-state index < -0.39 is 0 Å². The fourth-order valence-electron chi connectivity index (χ4n) is 2.52. The lowest BCUT2D eigenvalue weighted by molar-refractivity contribution is 1.67. The van der Waals surface area contributed by atoms with Crippen LogP contribution in [0.2, 0.25) is 0 Å². The van der Waals surface area contributed by atoms with Crippen LogP contribution in [-0.4, -0.2) is 0 Å². The topological polar surface area (TPSA) is 0 Å². The lowest BCUT2D eigenvalue weighted by atomic mass is 10.0. The van der Waals surface area contributed by atoms with Gasteiger partial charge in [0, 0.05) is 0 Å². The molecule has 1 heteroatoms. The largest absolute Gasteiger partial charge is 0.0622 e. The molecule has 4 aromatic carbocycles. The number of fused-ring (bicyclic) bond motifs is 2. The van der Waals surface area contributed by atoms with E-state index in [1.165, 1.54) is 27.1 Å². The SMILES string of the molecule is BrC=Cc1ccccc1.c1ccc2cc3ccccc3cc2c1. The summed E-state index contributed by atoms with van der Waals surface area (Å²) in [5, 5.41) is 5.25. The first-order chi connectivity index (χ1) is 11.4. The summed E-state index contributed by atoms with van der Waals surface area (Å²) in [6.07, 6.45) is 2.00. The average Bonchev–Trinajstić information content (AvgIpc) is 2.62. The van der Waals surface area contributed by atoms with E-state index in [1.54, 1.807) is 0 Å². The predicted molar refractivity (Wildman–Crippen MR) is 106 cm³/mol. The van der Waals surface area contributed by atoms with Gasteiger partial charge in [-0.05, 0) is 50.3 Å². The van der Waals surface area contributed by atoms with Crippen LogP contribution in [0.1, 0.15) is 5.56 Å². The molecule has 0 nitrogen and oxygen atoms in total. The third kappa shape index (κ3) is 4.08. The highest BCUT2D eigenvalue weighted by Crippen LogP contribution is 2.22. The van der Waals surface area contributed by atoms with E-state index in [1.807, 2.05) is 29.3 Å². The van der Waals surface area contributed by atoms with E-state index in [4.69, 9.17) is 0 Å². The van der Waals surface area contributed by atoms with Gasteiger partial charge in [-0.2, -0.15) is 0 Å². The second-order valence-corrected chi connectivity index (χ2v) is 5.78. The maximum Gasteiger partial charge on any atom is -0.0178 e. The van der Waals surface area contributed by atoms with E-state index in [2.05, 4.69) is 88.7 Å². The molecule has 0 spiro atoms. The molecule has 0 saturated carbocycles. The zero-order valence-electron chi connectivity index (χ0n) is 12.7. The van der Waals surface area contributed by atoms with E-state index in [0.717, 1.165) is 0 Å². The third-order valence-electron chi connectivity index (χ3n) is 3.67. The fraction of sp³-hybridized carbons (Fsp3) is 0. The molecule has 0 heterocycles. The number of hydrogen-bond acceptors (Lipinski definition) is 0. The molecule has 0 aliphatic heterocycles. The number of rotatable bonds is 1. The van der Waals surface area contributed by atoms with Gasteiger partial charge in [-0.3, -0.25) is 0 Å². The Morgan fingerprint density at radius 2 is 0.913 bits per heavy atom. The quantitative estimate of drug-likeness (QED) is 0.319. The maximum atomic E-state index is 3.21. The number of benzene rings is 4. The summed E-state index contributed by atoms with van der Waals surface area (Å²) >= 11 is 3.21. The van der Waals surface area contributed by atoms with E-state index in [0.29, 0.717) is 0 Å². The van der Waals surface area contributed by atoms with Crippen molar-refractivity contribution in [1.29, 1.82) is 0 Å². The van der Waals surface area contributed by atoms with Crippen LogP contribution in [0.4, 0.5) is 0 Å². The maximum absolute atomic E-state index is 3.21. The van der Waals surface area contributed by atoms with Gasteiger partial charge in [0.1, 0.15) is 0 Å². The zero-order valence-corrected chi connectivity index (χ0v) is 14.3. The molecule has 0 atom stereocenters. The summed E-state index contributed by atoms with van der Waals surface area (Å²) in [4.78, 5) is 1.85. The molecule has 0 radical (unpaired) electrons. The minimum Gasteiger partial charge on any atom is -0.0622 e. The lowest BCUT2D eigenvalue weighted by Gasteiger charge is -2.00. The average molecular weight is 361 g/mol. The Balaban J connectivity index is 0.000000151. The van der Waals surface area contributed by atoms with Crippen molar-refractivity contribution in [3.05, 3.63) is 102 Å². The summed E-state index contributed by atoms with van der Waals surface area (Å²) in [6, 6.07) is 31.6. The number of halogens is 1. The number of hydrogen-bond donors (Lipinski definition) is 0. The van der Waals surface area contributed by atoms with Crippen LogP contribution in [0.15, 0.2) is 96.0 Å². The van der Waals surface area contributed by atoms with Gasteiger partial charge in [0.2, 0.25) is 0 Å². The van der Waals surface area contributed by atoms with Crippen LogP contribution < -0.4 is 0 Å². The minimum absolute atomic E-state index is 1.22. The molecular weight excluding hydrogens is 344 g/mol. The second-order valence-electron chi connectivity index (χ2n) is 5.25. The molecule has 4 aromatic rings. The lowest BCUT2D eigenvalue weighted by Crippen LogP contribution is -1.74. The van der Waals surface area contributed by atoms with Crippen molar-refractivity contribution in [2.24, 2.45) is 0 Å². The van der Waals surface area contributed by atoms with Gasteiger partial charge >= 0.3 is 0 Å². The summed E-state index contributed by atoms with van der Waals surface area (Å²) in [7, 11) is 0. The van der Waals surface area contributed by atoms with Gasteiger partial charge in [0.05, 0.1) is 0 Å². The molecule has 0 saturated heterocycles. The molecule has 0 unspecified atom stereocenters. The Morgan fingerprint density at radius 1 is 0.522 bits per heavy atom. The van der Waals surface area contributed by atoms with Crippen LogP contribution in [0.25, 0.3) is 27.6 Å². The molecule has 23 heavy (non-hydrogen) atoms. The van der Waals surface area contributed by atoms with Crippen molar-refractivity contribution >= 4 is 43.6 Å². The molecule has 112 valence electrons. The van der Waals surface area contributed by atoms with Crippen LogP contribution in [0, 0.1) is 0 Å². The Kier molecular flexibility index (Phi) is 5.23. The Morgan fingerprint density at radius 3 is 1.30 bits per heavy atom. The summed E-state index contributed by atoms with van der Waals surface area (Å²) < 4.78 is 0. The first kappa shape index (κ1) is 15.5. The summed E-state index contributed by atoms with van der Waals surface area (Å²) in [5.41, 5.74) is 1.22. The smallest absolute Gasteiger partial charge is 0.0178 e.